The summed E-state index contributed by atoms with van der Waals surface area (Å²) in [7, 11) is 1.82. The number of fused-ring (bicyclic) bond motifs is 1. The van der Waals surface area contributed by atoms with Crippen molar-refractivity contribution in [2.24, 2.45) is 9.98 Å². The quantitative estimate of drug-likeness (QED) is 0.748. The topological polar surface area (TPSA) is 81.7 Å². The minimum Gasteiger partial charge on any atom is -0.383 e. The Morgan fingerprint density at radius 3 is 2.75 bits per heavy atom. The highest BCUT2D eigenvalue weighted by molar-refractivity contribution is 6.37. The normalized spacial score (nSPS) is 15.7. The molecular weight excluding hydrogens is 302 g/mol. The van der Waals surface area contributed by atoms with Crippen molar-refractivity contribution < 1.29 is 0 Å². The summed E-state index contributed by atoms with van der Waals surface area (Å²) in [6, 6.07) is 0. The Morgan fingerprint density at radius 1 is 1.46 bits per heavy atom. The molecule has 1 aliphatic heterocycles. The number of hydrogen-bond donors (Lipinski definition) is 2. The van der Waals surface area contributed by atoms with E-state index in [-0.39, 0.29) is 0 Å². The van der Waals surface area contributed by atoms with Crippen LogP contribution in [0.2, 0.25) is 0 Å². The van der Waals surface area contributed by atoms with Crippen LogP contribution < -0.4 is 5.32 Å². The zero-order chi connectivity index (χ0) is 17.7. The largest absolute Gasteiger partial charge is 0.383 e. The van der Waals surface area contributed by atoms with Gasteiger partial charge in [-0.3, -0.25) is 9.67 Å². The van der Waals surface area contributed by atoms with Crippen LogP contribution in [0.1, 0.15) is 30.8 Å². The molecule has 0 spiro atoms. The molecule has 0 bridgehead atoms. The number of nitrogens with one attached hydrogen (secondary N) is 2. The number of rotatable bonds is 7. The number of nitrogens with zero attached hydrogens (tertiary/aromatic N) is 5. The first-order chi connectivity index (χ1) is 11.6. The molecule has 0 fully saturated rings. The first-order valence-corrected chi connectivity index (χ1v) is 8.35. The number of allylic oxidation sites excluding steroid dienone is 1. The average Bonchev–Trinajstić information content (AvgIpc) is 2.93. The molecule has 0 unspecified atom stereocenters. The Balaban J connectivity index is 2.43. The zero-order valence-electron chi connectivity index (χ0n) is 15.1. The fraction of sp³-hybridized carbons (Fsp3) is 0.529. The minimum absolute atomic E-state index is 0.592. The van der Waals surface area contributed by atoms with Crippen molar-refractivity contribution in [3.8, 4) is 0 Å². The molecule has 1 aromatic heterocycles. The van der Waals surface area contributed by atoms with Crippen molar-refractivity contribution in [1.82, 2.24) is 20.0 Å². The van der Waals surface area contributed by atoms with E-state index >= 15 is 0 Å². The molecule has 0 atom stereocenters. The number of aliphatic imine (C=N–C) groups is 2. The molecule has 0 saturated carbocycles. The summed E-state index contributed by atoms with van der Waals surface area (Å²) in [4.78, 5) is 10.8. The lowest BCUT2D eigenvalue weighted by molar-refractivity contribution is 0.311. The van der Waals surface area contributed by atoms with Crippen LogP contribution in [0.3, 0.4) is 0 Å². The third-order valence-electron chi connectivity index (χ3n) is 4.28. The Labute approximate surface area is 143 Å². The Morgan fingerprint density at radius 2 is 2.21 bits per heavy atom. The molecule has 0 amide bonds. The summed E-state index contributed by atoms with van der Waals surface area (Å²) in [5.74, 6) is 0.738. The third-order valence-corrected chi connectivity index (χ3v) is 4.28. The molecule has 2 heterocycles. The van der Waals surface area contributed by atoms with Gasteiger partial charge in [-0.25, -0.2) is 4.99 Å². The molecule has 2 N–H and O–H groups in total. The fourth-order valence-corrected chi connectivity index (χ4v) is 3.16. The highest BCUT2D eigenvalue weighted by Gasteiger charge is 2.26. The highest BCUT2D eigenvalue weighted by Crippen LogP contribution is 2.26. The van der Waals surface area contributed by atoms with Crippen molar-refractivity contribution in [2.75, 3.05) is 20.1 Å². The standard InChI is InChI=1S/C17H27N7/c1-6-21-14(10-18)16(19-4)17(20-5)23-9-8-15-13(11-23)12(3)22-24(15)7-2/h10,18-19H,5-9,11H2,1-4H3/b17-16-,18-10?,21-14-. The van der Waals surface area contributed by atoms with Crippen molar-refractivity contribution >= 4 is 18.6 Å². The van der Waals surface area contributed by atoms with Crippen molar-refractivity contribution in [1.29, 1.82) is 5.41 Å². The van der Waals surface area contributed by atoms with Crippen LogP contribution in [0.25, 0.3) is 0 Å². The van der Waals surface area contributed by atoms with Crippen molar-refractivity contribution in [2.45, 2.75) is 40.3 Å². The van der Waals surface area contributed by atoms with Gasteiger partial charge in [-0.2, -0.15) is 5.10 Å². The number of aromatic nitrogens is 2. The van der Waals surface area contributed by atoms with E-state index < -0.39 is 0 Å². The van der Waals surface area contributed by atoms with Crippen LogP contribution in [0.15, 0.2) is 21.5 Å². The van der Waals surface area contributed by atoms with Gasteiger partial charge in [0, 0.05) is 57.1 Å². The van der Waals surface area contributed by atoms with Crippen LogP contribution in [0.5, 0.6) is 0 Å². The number of hydrogen-bond acceptors (Lipinski definition) is 6. The molecular formula is C17H27N7. The summed E-state index contributed by atoms with van der Waals surface area (Å²) in [5, 5.41) is 15.4. The SMILES string of the molecule is C=N/C(=C(NC)\C(C=N)=N/CC)N1CCc2c(c(C)nn2CC)C1. The molecule has 24 heavy (non-hydrogen) atoms. The summed E-state index contributed by atoms with van der Waals surface area (Å²) < 4.78 is 2.09. The Hall–Kier alpha value is -2.44. The molecule has 130 valence electrons. The van der Waals surface area contributed by atoms with Crippen LogP contribution in [0.4, 0.5) is 0 Å². The maximum absolute atomic E-state index is 7.64. The second kappa shape index (κ2) is 7.90. The van der Waals surface area contributed by atoms with E-state index in [9.17, 15) is 0 Å². The van der Waals surface area contributed by atoms with Gasteiger partial charge in [0.2, 0.25) is 0 Å². The molecule has 0 aromatic carbocycles. The molecule has 1 aromatic rings. The summed E-state index contributed by atoms with van der Waals surface area (Å²) in [6.45, 7) is 13.0. The Bertz CT molecular complexity index is 681. The van der Waals surface area contributed by atoms with Gasteiger partial charge in [0.15, 0.2) is 5.82 Å². The van der Waals surface area contributed by atoms with Gasteiger partial charge in [-0.1, -0.05) is 0 Å². The lowest BCUT2D eigenvalue weighted by Gasteiger charge is -2.31. The van der Waals surface area contributed by atoms with Gasteiger partial charge in [0.25, 0.3) is 0 Å². The predicted octanol–water partition coefficient (Wildman–Crippen LogP) is 1.77. The second-order valence-electron chi connectivity index (χ2n) is 5.61. The fourth-order valence-electron chi connectivity index (χ4n) is 3.16. The van der Waals surface area contributed by atoms with E-state index in [1.165, 1.54) is 17.5 Å². The van der Waals surface area contributed by atoms with Gasteiger partial charge in [-0.15, -0.1) is 0 Å². The van der Waals surface area contributed by atoms with E-state index in [1.807, 2.05) is 14.0 Å². The zero-order valence-corrected chi connectivity index (χ0v) is 15.1. The van der Waals surface area contributed by atoms with E-state index in [2.05, 4.69) is 50.5 Å². The summed E-state index contributed by atoms with van der Waals surface area (Å²) in [5.41, 5.74) is 4.99. The monoisotopic (exact) mass is 329 g/mol. The smallest absolute Gasteiger partial charge is 0.153 e. The lowest BCUT2D eigenvalue weighted by atomic mass is 10.1. The maximum Gasteiger partial charge on any atom is 0.153 e. The van der Waals surface area contributed by atoms with E-state index in [0.717, 1.165) is 43.3 Å². The first kappa shape index (κ1) is 17.9. The molecule has 0 aliphatic carbocycles. The van der Waals surface area contributed by atoms with Crippen LogP contribution >= 0.6 is 0 Å². The maximum atomic E-state index is 7.64. The molecule has 2 rings (SSSR count). The Kier molecular flexibility index (Phi) is 5.89. The predicted molar refractivity (Wildman–Crippen MR) is 99.1 cm³/mol. The lowest BCUT2D eigenvalue weighted by Crippen LogP contribution is -2.34. The average molecular weight is 329 g/mol. The van der Waals surface area contributed by atoms with Crippen molar-refractivity contribution in [3.05, 3.63) is 28.5 Å². The van der Waals surface area contributed by atoms with Crippen LogP contribution in [-0.4, -0.2) is 53.5 Å². The van der Waals surface area contributed by atoms with Crippen LogP contribution in [-0.2, 0) is 19.5 Å². The van der Waals surface area contributed by atoms with Gasteiger partial charge >= 0.3 is 0 Å². The van der Waals surface area contributed by atoms with Gasteiger partial charge in [0.1, 0.15) is 11.4 Å². The second-order valence-corrected chi connectivity index (χ2v) is 5.61. The first-order valence-electron chi connectivity index (χ1n) is 8.35. The van der Waals surface area contributed by atoms with Crippen molar-refractivity contribution in [3.63, 3.8) is 0 Å². The summed E-state index contributed by atoms with van der Waals surface area (Å²) in [6.07, 6.45) is 2.18. The van der Waals surface area contributed by atoms with Gasteiger partial charge in [0.05, 0.1) is 5.69 Å². The van der Waals surface area contributed by atoms with E-state index in [1.54, 1.807) is 0 Å². The molecule has 1 aliphatic rings. The molecule has 0 saturated heterocycles. The molecule has 7 nitrogen and oxygen atoms in total. The van der Waals surface area contributed by atoms with Gasteiger partial charge in [-0.05, 0) is 27.5 Å². The number of aryl methyl sites for hydroxylation is 2. The van der Waals surface area contributed by atoms with E-state index in [0.29, 0.717) is 12.3 Å². The van der Waals surface area contributed by atoms with Crippen LogP contribution in [0, 0.1) is 12.3 Å². The third kappa shape index (κ3) is 3.25. The molecule has 0 radical (unpaired) electrons. The summed E-state index contributed by atoms with van der Waals surface area (Å²) >= 11 is 0. The minimum atomic E-state index is 0.592. The highest BCUT2D eigenvalue weighted by atomic mass is 15.3. The molecule has 7 heteroatoms. The van der Waals surface area contributed by atoms with Gasteiger partial charge < -0.3 is 15.6 Å². The van der Waals surface area contributed by atoms with E-state index in [4.69, 9.17) is 5.41 Å².